The van der Waals surface area contributed by atoms with Crippen LogP contribution < -0.4 is 0 Å². The van der Waals surface area contributed by atoms with Gasteiger partial charge in [0.05, 0.1) is 18.7 Å². The van der Waals surface area contributed by atoms with Gasteiger partial charge in [0, 0.05) is 11.8 Å². The SMILES string of the molecule is CCOC(=O)N1[C@@H]2[C@H]1[C@@H]1C[C@H]2c2ccccc21. The highest BCUT2D eigenvalue weighted by atomic mass is 16.6. The molecular formula is C14H15NO2. The Morgan fingerprint density at radius 3 is 2.41 bits per heavy atom. The number of hydrogen-bond acceptors (Lipinski definition) is 2. The molecule has 1 aromatic carbocycles. The van der Waals surface area contributed by atoms with E-state index >= 15 is 0 Å². The summed E-state index contributed by atoms with van der Waals surface area (Å²) in [6, 6.07) is 9.50. The minimum Gasteiger partial charge on any atom is -0.450 e. The molecule has 0 N–H and O–H groups in total. The average Bonchev–Trinajstić information content (AvgIpc) is 2.84. The van der Waals surface area contributed by atoms with Gasteiger partial charge in [-0.25, -0.2) is 4.79 Å². The molecule has 0 radical (unpaired) electrons. The van der Waals surface area contributed by atoms with Gasteiger partial charge in [-0.1, -0.05) is 24.3 Å². The van der Waals surface area contributed by atoms with Crippen LogP contribution in [-0.2, 0) is 4.74 Å². The number of rotatable bonds is 1. The number of piperidine rings is 1. The third-order valence-electron chi connectivity index (χ3n) is 4.51. The zero-order chi connectivity index (χ0) is 11.6. The van der Waals surface area contributed by atoms with Crippen LogP contribution in [0.1, 0.15) is 36.3 Å². The van der Waals surface area contributed by atoms with Crippen LogP contribution in [0.5, 0.6) is 0 Å². The molecule has 2 bridgehead atoms. The highest BCUT2D eigenvalue weighted by Crippen LogP contribution is 2.64. The monoisotopic (exact) mass is 229 g/mol. The fourth-order valence-electron chi connectivity index (χ4n) is 3.93. The molecule has 4 rings (SSSR count). The largest absolute Gasteiger partial charge is 0.450 e. The van der Waals surface area contributed by atoms with Gasteiger partial charge in [0.1, 0.15) is 0 Å². The van der Waals surface area contributed by atoms with Crippen LogP contribution in [0.25, 0.3) is 0 Å². The summed E-state index contributed by atoms with van der Waals surface area (Å²) in [5.74, 6) is 1.12. The summed E-state index contributed by atoms with van der Waals surface area (Å²) in [5.41, 5.74) is 2.93. The van der Waals surface area contributed by atoms with Gasteiger partial charge in [0.25, 0.3) is 0 Å². The predicted molar refractivity (Wildman–Crippen MR) is 63.0 cm³/mol. The smallest absolute Gasteiger partial charge is 0.410 e. The molecule has 1 aromatic rings. The second kappa shape index (κ2) is 3.03. The van der Waals surface area contributed by atoms with Crippen LogP contribution in [-0.4, -0.2) is 29.7 Å². The number of likely N-dealkylation sites (tertiary alicyclic amines) is 1. The molecule has 2 aliphatic carbocycles. The quantitative estimate of drug-likeness (QED) is 0.692. The predicted octanol–water partition coefficient (Wildman–Crippen LogP) is 2.48. The first-order chi connectivity index (χ1) is 8.33. The van der Waals surface area contributed by atoms with Crippen molar-refractivity contribution in [1.82, 2.24) is 4.90 Å². The highest BCUT2D eigenvalue weighted by Gasteiger charge is 2.68. The van der Waals surface area contributed by atoms with Crippen LogP contribution >= 0.6 is 0 Å². The highest BCUT2D eigenvalue weighted by molar-refractivity contribution is 5.75. The van der Waals surface area contributed by atoms with Crippen molar-refractivity contribution in [3.63, 3.8) is 0 Å². The Balaban J connectivity index is 1.65. The molecule has 17 heavy (non-hydrogen) atoms. The van der Waals surface area contributed by atoms with Gasteiger partial charge in [0.15, 0.2) is 0 Å². The molecule has 1 saturated heterocycles. The zero-order valence-electron chi connectivity index (χ0n) is 9.80. The van der Waals surface area contributed by atoms with Crippen molar-refractivity contribution in [3.8, 4) is 0 Å². The van der Waals surface area contributed by atoms with Crippen LogP contribution in [0.2, 0.25) is 0 Å². The van der Waals surface area contributed by atoms with Gasteiger partial charge in [-0.3, -0.25) is 4.90 Å². The lowest BCUT2D eigenvalue weighted by molar-refractivity contribution is 0.128. The van der Waals surface area contributed by atoms with Crippen LogP contribution in [0.15, 0.2) is 24.3 Å². The summed E-state index contributed by atoms with van der Waals surface area (Å²) in [6.07, 6.45) is 1.11. The summed E-state index contributed by atoms with van der Waals surface area (Å²) in [6.45, 7) is 2.33. The number of nitrogens with zero attached hydrogens (tertiary/aromatic N) is 1. The molecule has 4 atom stereocenters. The first kappa shape index (κ1) is 9.51. The Kier molecular flexibility index (Phi) is 1.70. The molecule has 3 heteroatoms. The maximum atomic E-state index is 11.8. The molecule has 1 amide bonds. The minimum atomic E-state index is -0.120. The molecule has 2 fully saturated rings. The summed E-state index contributed by atoms with van der Waals surface area (Å²) in [4.78, 5) is 13.7. The first-order valence-corrected chi connectivity index (χ1v) is 6.37. The zero-order valence-corrected chi connectivity index (χ0v) is 9.80. The number of ether oxygens (including phenoxy) is 1. The number of amides is 1. The van der Waals surface area contributed by atoms with Crippen LogP contribution in [0, 0.1) is 0 Å². The summed E-state index contributed by atoms with van der Waals surface area (Å²) < 4.78 is 5.11. The van der Waals surface area contributed by atoms with E-state index < -0.39 is 0 Å². The fraction of sp³-hybridized carbons (Fsp3) is 0.500. The normalized spacial score (nSPS) is 35.5. The van der Waals surface area contributed by atoms with Crippen molar-refractivity contribution in [2.75, 3.05) is 6.61 Å². The van der Waals surface area contributed by atoms with Crippen molar-refractivity contribution >= 4 is 6.09 Å². The summed E-state index contributed by atoms with van der Waals surface area (Å²) >= 11 is 0. The van der Waals surface area contributed by atoms with E-state index in [1.54, 1.807) is 0 Å². The topological polar surface area (TPSA) is 29.3 Å². The molecule has 1 saturated carbocycles. The Labute approximate surface area is 100 Å². The van der Waals surface area contributed by atoms with Gasteiger partial charge >= 0.3 is 6.09 Å². The van der Waals surface area contributed by atoms with E-state index in [2.05, 4.69) is 24.3 Å². The number of carbonyl (C=O) groups excluding carboxylic acids is 1. The van der Waals surface area contributed by atoms with Gasteiger partial charge in [-0.15, -0.1) is 0 Å². The molecule has 1 aliphatic heterocycles. The van der Waals surface area contributed by atoms with Gasteiger partial charge in [-0.2, -0.15) is 0 Å². The Bertz CT molecular complexity index is 464. The maximum Gasteiger partial charge on any atom is 0.410 e. The second-order valence-electron chi connectivity index (χ2n) is 5.16. The standard InChI is InChI=1S/C14H15NO2/c1-2-17-14(16)15-12-10-7-11(13(12)15)9-6-4-3-5-8(9)10/h3-6,10-13H,2,7H2,1H3/t10-,11+,12-,13+,15?. The van der Waals surface area contributed by atoms with E-state index in [4.69, 9.17) is 4.74 Å². The van der Waals surface area contributed by atoms with E-state index in [9.17, 15) is 4.79 Å². The second-order valence-corrected chi connectivity index (χ2v) is 5.16. The molecule has 0 spiro atoms. The minimum absolute atomic E-state index is 0.120. The van der Waals surface area contributed by atoms with E-state index in [1.165, 1.54) is 17.5 Å². The van der Waals surface area contributed by atoms with E-state index in [0.29, 0.717) is 30.5 Å². The Morgan fingerprint density at radius 1 is 1.29 bits per heavy atom. The van der Waals surface area contributed by atoms with Crippen molar-refractivity contribution in [2.24, 2.45) is 0 Å². The van der Waals surface area contributed by atoms with E-state index in [1.807, 2.05) is 11.8 Å². The number of benzene rings is 1. The van der Waals surface area contributed by atoms with Crippen LogP contribution in [0.3, 0.4) is 0 Å². The van der Waals surface area contributed by atoms with E-state index in [-0.39, 0.29) is 6.09 Å². The van der Waals surface area contributed by atoms with Gasteiger partial charge in [0.2, 0.25) is 0 Å². The van der Waals surface area contributed by atoms with Crippen molar-refractivity contribution < 1.29 is 9.53 Å². The van der Waals surface area contributed by atoms with Crippen molar-refractivity contribution in [1.29, 1.82) is 0 Å². The van der Waals surface area contributed by atoms with Crippen molar-refractivity contribution in [2.45, 2.75) is 37.3 Å². The molecule has 3 nitrogen and oxygen atoms in total. The molecule has 3 aliphatic rings. The lowest BCUT2D eigenvalue weighted by Crippen LogP contribution is -2.20. The Hall–Kier alpha value is -1.51. The maximum absolute atomic E-state index is 11.8. The fourth-order valence-corrected chi connectivity index (χ4v) is 3.93. The number of hydrogen-bond donors (Lipinski definition) is 0. The summed E-state index contributed by atoms with van der Waals surface area (Å²) in [7, 11) is 0. The molecule has 1 heterocycles. The molecule has 88 valence electrons. The van der Waals surface area contributed by atoms with Crippen molar-refractivity contribution in [3.05, 3.63) is 35.4 Å². The van der Waals surface area contributed by atoms with E-state index in [0.717, 1.165) is 0 Å². The van der Waals surface area contributed by atoms with Crippen LogP contribution in [0.4, 0.5) is 4.79 Å². The summed E-state index contributed by atoms with van der Waals surface area (Å²) in [5, 5.41) is 0. The molecule has 0 unspecified atom stereocenters. The lowest BCUT2D eigenvalue weighted by atomic mass is 9.92. The number of fused-ring (bicyclic) bond motifs is 8. The third kappa shape index (κ3) is 1.05. The lowest BCUT2D eigenvalue weighted by Gasteiger charge is -2.11. The molecule has 0 aromatic heterocycles. The molecular weight excluding hydrogens is 214 g/mol. The van der Waals surface area contributed by atoms with Gasteiger partial charge < -0.3 is 4.74 Å². The first-order valence-electron chi connectivity index (χ1n) is 6.37. The third-order valence-corrected chi connectivity index (χ3v) is 4.51. The number of carbonyl (C=O) groups is 1. The Morgan fingerprint density at radius 2 is 1.88 bits per heavy atom. The average molecular weight is 229 g/mol. The van der Waals surface area contributed by atoms with Gasteiger partial charge in [-0.05, 0) is 24.5 Å².